The van der Waals surface area contributed by atoms with Crippen LogP contribution >= 0.6 is 0 Å². The minimum atomic E-state index is 0. The molecule has 4 rings (SSSR count). The molecular weight excluding hydrogens is 468 g/mol. The van der Waals surface area contributed by atoms with Crippen molar-refractivity contribution in [2.24, 2.45) is 10.2 Å². The Kier molecular flexibility index (Phi) is 13.3. The van der Waals surface area contributed by atoms with Gasteiger partial charge in [0.2, 0.25) is 0 Å². The van der Waals surface area contributed by atoms with Crippen LogP contribution in [0.15, 0.2) is 108 Å². The zero-order valence-corrected chi connectivity index (χ0v) is 18.7. The van der Waals surface area contributed by atoms with Gasteiger partial charge in [0.15, 0.2) is 0 Å². The number of nitrogens with zero attached hydrogens (tertiary/aromatic N) is 6. The van der Waals surface area contributed by atoms with Crippen molar-refractivity contribution in [3.63, 3.8) is 0 Å². The quantitative estimate of drug-likeness (QED) is 0.238. The first-order valence-corrected chi connectivity index (χ1v) is 9.12. The average Bonchev–Trinajstić information content (AvgIpc) is 2.82. The molecule has 4 heterocycles. The number of hydrazone groups is 2. The summed E-state index contributed by atoms with van der Waals surface area (Å²) >= 11 is 0. The summed E-state index contributed by atoms with van der Waals surface area (Å²) in [5, 5.41) is 8.02. The fraction of sp³-hybridized carbons (Fsp3) is 0. The number of hydrogen-bond acceptors (Lipinski definition) is 8. The van der Waals surface area contributed by atoms with Gasteiger partial charge in [-0.2, -0.15) is 10.2 Å². The summed E-state index contributed by atoms with van der Waals surface area (Å²) in [6.07, 6.45) is 10.2. The van der Waals surface area contributed by atoms with Gasteiger partial charge in [-0.15, -0.1) is 0 Å². The van der Waals surface area contributed by atoms with Gasteiger partial charge in [0, 0.05) is 24.8 Å². The molecule has 1 radical (unpaired) electrons. The standard InChI is InChI=1S/2C11H10N4.ClH.Fe/c2*1-3-7-12-10(5-1)9-14-15-11-6-2-4-8-13-11;;/h2*1-9H,(H,13,15);1H;/q;;;+3/p-1/b2*14-9+;;. The summed E-state index contributed by atoms with van der Waals surface area (Å²) in [5.74, 6) is 1.43. The molecule has 0 saturated carbocycles. The van der Waals surface area contributed by atoms with Gasteiger partial charge in [-0.05, 0) is 48.5 Å². The Balaban J connectivity index is 0.000000301. The number of aromatic nitrogens is 4. The summed E-state index contributed by atoms with van der Waals surface area (Å²) in [6.45, 7) is 0. The third-order valence-electron chi connectivity index (χ3n) is 3.46. The van der Waals surface area contributed by atoms with Gasteiger partial charge in [0.1, 0.15) is 11.6 Å². The van der Waals surface area contributed by atoms with Gasteiger partial charge < -0.3 is 12.4 Å². The maximum absolute atomic E-state index is 4.10. The summed E-state index contributed by atoms with van der Waals surface area (Å²) in [5.41, 5.74) is 7.24. The van der Waals surface area contributed by atoms with E-state index in [0.29, 0.717) is 11.6 Å². The Morgan fingerprint density at radius 1 is 0.531 bits per heavy atom. The minimum absolute atomic E-state index is 0. The number of hydrogen-bond donors (Lipinski definition) is 2. The predicted molar refractivity (Wildman–Crippen MR) is 119 cm³/mol. The molecule has 32 heavy (non-hydrogen) atoms. The third kappa shape index (κ3) is 10.4. The maximum atomic E-state index is 4.10. The summed E-state index contributed by atoms with van der Waals surface area (Å²) in [7, 11) is 0. The van der Waals surface area contributed by atoms with Crippen molar-refractivity contribution in [3.05, 3.63) is 109 Å². The van der Waals surface area contributed by atoms with Crippen molar-refractivity contribution < 1.29 is 29.5 Å². The van der Waals surface area contributed by atoms with Crippen molar-refractivity contribution in [1.29, 1.82) is 0 Å². The summed E-state index contributed by atoms with van der Waals surface area (Å²) < 4.78 is 0. The van der Waals surface area contributed by atoms with Crippen LogP contribution in [-0.4, -0.2) is 32.4 Å². The molecule has 4 aromatic rings. The maximum Gasteiger partial charge on any atom is 3.00 e. The average molecular weight is 488 g/mol. The van der Waals surface area contributed by atoms with Crippen LogP contribution in [0.4, 0.5) is 11.6 Å². The van der Waals surface area contributed by atoms with Crippen LogP contribution in [0.3, 0.4) is 0 Å². The fourth-order valence-corrected chi connectivity index (χ4v) is 2.09. The molecule has 0 aliphatic rings. The van der Waals surface area contributed by atoms with Crippen LogP contribution < -0.4 is 23.3 Å². The van der Waals surface area contributed by atoms with E-state index in [1.54, 1.807) is 37.2 Å². The molecule has 0 bridgehead atoms. The van der Waals surface area contributed by atoms with Gasteiger partial charge >= 0.3 is 17.1 Å². The topological polar surface area (TPSA) is 100 Å². The number of rotatable bonds is 6. The van der Waals surface area contributed by atoms with Gasteiger partial charge in [0.25, 0.3) is 0 Å². The molecule has 161 valence electrons. The molecule has 0 atom stereocenters. The molecular formula is C22H20ClFeN8+2. The van der Waals surface area contributed by atoms with E-state index in [2.05, 4.69) is 41.0 Å². The Morgan fingerprint density at radius 2 is 0.906 bits per heavy atom. The van der Waals surface area contributed by atoms with E-state index >= 15 is 0 Å². The number of halogens is 1. The van der Waals surface area contributed by atoms with Crippen LogP contribution in [0.1, 0.15) is 11.4 Å². The van der Waals surface area contributed by atoms with E-state index < -0.39 is 0 Å². The molecule has 0 fully saturated rings. The van der Waals surface area contributed by atoms with Crippen molar-refractivity contribution in [2.75, 3.05) is 10.9 Å². The molecule has 0 unspecified atom stereocenters. The smallest absolute Gasteiger partial charge is 1.00 e. The molecule has 4 aromatic heterocycles. The molecule has 0 saturated heterocycles. The van der Waals surface area contributed by atoms with Crippen molar-refractivity contribution in [2.45, 2.75) is 0 Å². The molecule has 2 N–H and O–H groups in total. The number of anilines is 2. The van der Waals surface area contributed by atoms with Gasteiger partial charge in [-0.25, -0.2) is 9.97 Å². The van der Waals surface area contributed by atoms with Gasteiger partial charge in [-0.3, -0.25) is 20.8 Å². The van der Waals surface area contributed by atoms with E-state index in [0.717, 1.165) is 11.4 Å². The largest absolute Gasteiger partial charge is 3.00 e. The Hall–Kier alpha value is -3.65. The fourth-order valence-electron chi connectivity index (χ4n) is 2.09. The van der Waals surface area contributed by atoms with Gasteiger partial charge in [0.05, 0.1) is 23.8 Å². The minimum Gasteiger partial charge on any atom is -1.00 e. The van der Waals surface area contributed by atoms with Gasteiger partial charge in [-0.1, -0.05) is 24.3 Å². The Bertz CT molecular complexity index is 950. The van der Waals surface area contributed by atoms with Crippen LogP contribution in [0.5, 0.6) is 0 Å². The molecule has 0 aliphatic heterocycles. The first-order chi connectivity index (χ1) is 14.9. The molecule has 0 aromatic carbocycles. The second kappa shape index (κ2) is 16.1. The second-order valence-corrected chi connectivity index (χ2v) is 5.68. The Labute approximate surface area is 203 Å². The van der Waals surface area contributed by atoms with E-state index in [1.165, 1.54) is 0 Å². The first-order valence-electron chi connectivity index (χ1n) is 9.12. The van der Waals surface area contributed by atoms with Crippen LogP contribution in [0, 0.1) is 0 Å². The predicted octanol–water partition coefficient (Wildman–Crippen LogP) is 0.847. The monoisotopic (exact) mass is 487 g/mol. The van der Waals surface area contributed by atoms with Crippen molar-refractivity contribution >= 4 is 24.1 Å². The first kappa shape index (κ1) is 26.4. The van der Waals surface area contributed by atoms with Crippen LogP contribution in [-0.2, 0) is 17.1 Å². The molecule has 0 aliphatic carbocycles. The van der Waals surface area contributed by atoms with Crippen LogP contribution in [0.25, 0.3) is 0 Å². The third-order valence-corrected chi connectivity index (χ3v) is 3.46. The van der Waals surface area contributed by atoms with Crippen molar-refractivity contribution in [3.8, 4) is 0 Å². The molecule has 10 heteroatoms. The SMILES string of the molecule is C(=N\Nc1ccccn1)/c1ccccn1.C(=N\Nc1ccccn1)/c1ccccn1.[Cl-].[Fe+3]. The van der Waals surface area contributed by atoms with E-state index in [4.69, 9.17) is 0 Å². The molecule has 8 nitrogen and oxygen atoms in total. The normalized spacial score (nSPS) is 9.75. The second-order valence-electron chi connectivity index (χ2n) is 5.68. The van der Waals surface area contributed by atoms with Crippen LogP contribution in [0.2, 0.25) is 0 Å². The summed E-state index contributed by atoms with van der Waals surface area (Å²) in [6, 6.07) is 22.5. The number of pyridine rings is 4. The van der Waals surface area contributed by atoms with E-state index in [-0.39, 0.29) is 29.5 Å². The molecule has 0 spiro atoms. The summed E-state index contributed by atoms with van der Waals surface area (Å²) in [4.78, 5) is 16.3. The zero-order valence-electron chi connectivity index (χ0n) is 16.8. The van der Waals surface area contributed by atoms with E-state index in [1.807, 2.05) is 72.8 Å². The zero-order chi connectivity index (χ0) is 20.7. The van der Waals surface area contributed by atoms with E-state index in [9.17, 15) is 0 Å². The Morgan fingerprint density at radius 3 is 1.22 bits per heavy atom. The number of nitrogens with one attached hydrogen (secondary N) is 2. The van der Waals surface area contributed by atoms with Crippen molar-refractivity contribution in [1.82, 2.24) is 19.9 Å². The molecule has 0 amide bonds.